The monoisotopic (exact) mass is 388 g/mol. The highest BCUT2D eigenvalue weighted by Crippen LogP contribution is 2.29. The second-order valence-electron chi connectivity index (χ2n) is 6.64. The van der Waals surface area contributed by atoms with Gasteiger partial charge < -0.3 is 10.1 Å². The molecule has 0 aromatic heterocycles. The van der Waals surface area contributed by atoms with E-state index in [2.05, 4.69) is 5.32 Å². The highest BCUT2D eigenvalue weighted by atomic mass is 32.2. The van der Waals surface area contributed by atoms with Crippen molar-refractivity contribution < 1.29 is 17.9 Å². The summed E-state index contributed by atoms with van der Waals surface area (Å²) in [6.07, 6.45) is 1.65. The van der Waals surface area contributed by atoms with Crippen LogP contribution < -0.4 is 14.4 Å². The van der Waals surface area contributed by atoms with Crippen LogP contribution in [-0.4, -0.2) is 33.7 Å². The minimum atomic E-state index is -3.21. The summed E-state index contributed by atoms with van der Waals surface area (Å²) in [5, 5.41) is 2.88. The van der Waals surface area contributed by atoms with Gasteiger partial charge in [-0.1, -0.05) is 12.1 Å². The molecule has 1 fully saturated rings. The number of nitrogens with one attached hydrogen (secondary N) is 1. The Kier molecular flexibility index (Phi) is 5.70. The van der Waals surface area contributed by atoms with Gasteiger partial charge in [0.1, 0.15) is 5.75 Å². The normalized spacial score (nSPS) is 15.6. The molecular weight excluding hydrogens is 364 g/mol. The van der Waals surface area contributed by atoms with E-state index in [0.717, 1.165) is 16.9 Å². The van der Waals surface area contributed by atoms with E-state index in [1.54, 1.807) is 19.2 Å². The van der Waals surface area contributed by atoms with Crippen molar-refractivity contribution >= 4 is 27.3 Å². The summed E-state index contributed by atoms with van der Waals surface area (Å²) in [4.78, 5) is 12.2. The Morgan fingerprint density at radius 1 is 1.19 bits per heavy atom. The van der Waals surface area contributed by atoms with Crippen LogP contribution in [0, 0.1) is 6.92 Å². The maximum Gasteiger partial charge on any atom is 0.235 e. The number of anilines is 2. The zero-order valence-corrected chi connectivity index (χ0v) is 16.4. The lowest BCUT2D eigenvalue weighted by molar-refractivity contribution is -0.116. The van der Waals surface area contributed by atoms with Crippen molar-refractivity contribution in [2.45, 2.75) is 26.2 Å². The summed E-state index contributed by atoms with van der Waals surface area (Å²) in [6, 6.07) is 13.0. The van der Waals surface area contributed by atoms with Crippen LogP contribution in [0.15, 0.2) is 42.5 Å². The predicted molar refractivity (Wildman–Crippen MR) is 107 cm³/mol. The van der Waals surface area contributed by atoms with Gasteiger partial charge in [0.15, 0.2) is 0 Å². The molecule has 2 aromatic rings. The number of carbonyl (C=O) groups is 1. The van der Waals surface area contributed by atoms with Gasteiger partial charge in [-0.15, -0.1) is 0 Å². The zero-order valence-electron chi connectivity index (χ0n) is 15.6. The maximum atomic E-state index is 12.2. The van der Waals surface area contributed by atoms with Gasteiger partial charge in [-0.2, -0.15) is 0 Å². The summed E-state index contributed by atoms with van der Waals surface area (Å²) in [5.41, 5.74) is 3.25. The molecule has 1 saturated heterocycles. The summed E-state index contributed by atoms with van der Waals surface area (Å²) in [6.45, 7) is 2.37. The van der Waals surface area contributed by atoms with Crippen LogP contribution in [-0.2, 0) is 21.2 Å². The third kappa shape index (κ3) is 4.60. The average molecular weight is 388 g/mol. The van der Waals surface area contributed by atoms with Gasteiger partial charge in [-0.25, -0.2) is 8.42 Å². The van der Waals surface area contributed by atoms with Crippen LogP contribution in [0.5, 0.6) is 5.75 Å². The molecule has 6 nitrogen and oxygen atoms in total. The first-order valence-electron chi connectivity index (χ1n) is 8.93. The average Bonchev–Trinajstić information content (AvgIpc) is 2.99. The lowest BCUT2D eigenvalue weighted by Crippen LogP contribution is -2.25. The Morgan fingerprint density at radius 3 is 2.52 bits per heavy atom. The van der Waals surface area contributed by atoms with E-state index in [9.17, 15) is 13.2 Å². The van der Waals surface area contributed by atoms with Crippen molar-refractivity contribution in [3.05, 3.63) is 53.6 Å². The van der Waals surface area contributed by atoms with Crippen molar-refractivity contribution in [3.63, 3.8) is 0 Å². The number of amides is 1. The highest BCUT2D eigenvalue weighted by Gasteiger charge is 2.29. The smallest absolute Gasteiger partial charge is 0.235 e. The molecule has 3 rings (SSSR count). The van der Waals surface area contributed by atoms with Crippen molar-refractivity contribution in [2.75, 3.05) is 29.0 Å². The summed E-state index contributed by atoms with van der Waals surface area (Å²) in [7, 11) is -1.59. The lowest BCUT2D eigenvalue weighted by Gasteiger charge is -2.20. The molecule has 0 atom stereocenters. The Hall–Kier alpha value is -2.54. The van der Waals surface area contributed by atoms with Gasteiger partial charge >= 0.3 is 0 Å². The number of hydrogen-bond donors (Lipinski definition) is 1. The molecule has 0 unspecified atom stereocenters. The number of ether oxygens (including phenoxy) is 1. The Balaban J connectivity index is 1.60. The molecule has 1 aliphatic heterocycles. The third-order valence-corrected chi connectivity index (χ3v) is 6.50. The number of hydrogen-bond acceptors (Lipinski definition) is 4. The predicted octanol–water partition coefficient (Wildman–Crippen LogP) is 3.11. The molecule has 27 heavy (non-hydrogen) atoms. The van der Waals surface area contributed by atoms with Gasteiger partial charge in [-0.3, -0.25) is 9.10 Å². The molecule has 0 saturated carbocycles. The molecule has 7 heteroatoms. The number of aryl methyl sites for hydroxylation is 2. The molecule has 0 radical (unpaired) electrons. The van der Waals surface area contributed by atoms with E-state index in [1.165, 1.54) is 4.31 Å². The van der Waals surface area contributed by atoms with E-state index in [4.69, 9.17) is 4.74 Å². The molecule has 0 aliphatic carbocycles. The Morgan fingerprint density at radius 2 is 1.93 bits per heavy atom. The van der Waals surface area contributed by atoms with Gasteiger partial charge in [0.2, 0.25) is 15.9 Å². The minimum Gasteiger partial charge on any atom is -0.497 e. The maximum absolute atomic E-state index is 12.2. The van der Waals surface area contributed by atoms with E-state index in [1.807, 2.05) is 37.3 Å². The number of rotatable bonds is 6. The van der Waals surface area contributed by atoms with Crippen molar-refractivity contribution in [3.8, 4) is 5.75 Å². The first-order chi connectivity index (χ1) is 12.9. The van der Waals surface area contributed by atoms with Gasteiger partial charge in [0.05, 0.1) is 18.6 Å². The third-order valence-electron chi connectivity index (χ3n) is 4.65. The second-order valence-corrected chi connectivity index (χ2v) is 8.65. The molecule has 1 N–H and O–H groups in total. The number of sulfonamides is 1. The number of benzene rings is 2. The first kappa shape index (κ1) is 19.2. The molecule has 144 valence electrons. The summed E-state index contributed by atoms with van der Waals surface area (Å²) in [5.74, 6) is 0.904. The van der Waals surface area contributed by atoms with E-state index in [0.29, 0.717) is 37.2 Å². The molecule has 1 heterocycles. The van der Waals surface area contributed by atoms with Gasteiger partial charge in [0, 0.05) is 18.7 Å². The van der Waals surface area contributed by atoms with Gasteiger partial charge in [-0.05, 0) is 61.2 Å². The number of methoxy groups -OCH3 is 1. The molecule has 0 bridgehead atoms. The SMILES string of the molecule is COc1ccc(CCC(=O)Nc2ccc(N3CCCS3(=O)=O)c(C)c2)cc1. The molecule has 0 spiro atoms. The highest BCUT2D eigenvalue weighted by molar-refractivity contribution is 7.93. The fourth-order valence-electron chi connectivity index (χ4n) is 3.20. The first-order valence-corrected chi connectivity index (χ1v) is 10.5. The Bertz CT molecular complexity index is 923. The molecule has 2 aromatic carbocycles. The van der Waals surface area contributed by atoms with Crippen LogP contribution in [0.4, 0.5) is 11.4 Å². The second kappa shape index (κ2) is 8.00. The summed E-state index contributed by atoms with van der Waals surface area (Å²) < 4.78 is 30.8. The van der Waals surface area contributed by atoms with Gasteiger partial charge in [0.25, 0.3) is 0 Å². The van der Waals surface area contributed by atoms with Crippen molar-refractivity contribution in [1.29, 1.82) is 0 Å². The van der Waals surface area contributed by atoms with Crippen LogP contribution in [0.2, 0.25) is 0 Å². The van der Waals surface area contributed by atoms with Crippen LogP contribution in [0.1, 0.15) is 24.0 Å². The minimum absolute atomic E-state index is 0.0771. The topological polar surface area (TPSA) is 75.7 Å². The Labute approximate surface area is 160 Å². The van der Waals surface area contributed by atoms with Crippen LogP contribution in [0.3, 0.4) is 0 Å². The fraction of sp³-hybridized carbons (Fsp3) is 0.350. The molecule has 1 amide bonds. The summed E-state index contributed by atoms with van der Waals surface area (Å²) >= 11 is 0. The largest absolute Gasteiger partial charge is 0.497 e. The standard InChI is InChI=1S/C20H24N2O4S/c1-15-14-17(7-10-19(15)22-12-3-13-27(22,24)25)21-20(23)11-6-16-4-8-18(26-2)9-5-16/h4-5,7-10,14H,3,6,11-13H2,1-2H3,(H,21,23). The number of carbonyl (C=O) groups excluding carboxylic acids is 1. The zero-order chi connectivity index (χ0) is 19.4. The van der Waals surface area contributed by atoms with Crippen molar-refractivity contribution in [2.24, 2.45) is 0 Å². The van der Waals surface area contributed by atoms with Crippen molar-refractivity contribution in [1.82, 2.24) is 0 Å². The molecular formula is C20H24N2O4S. The van der Waals surface area contributed by atoms with E-state index < -0.39 is 10.0 Å². The van der Waals surface area contributed by atoms with E-state index >= 15 is 0 Å². The number of nitrogens with zero attached hydrogens (tertiary/aromatic N) is 1. The van der Waals surface area contributed by atoms with E-state index in [-0.39, 0.29) is 11.7 Å². The van der Waals surface area contributed by atoms with Crippen LogP contribution >= 0.6 is 0 Å². The van der Waals surface area contributed by atoms with Crippen LogP contribution in [0.25, 0.3) is 0 Å². The quantitative estimate of drug-likeness (QED) is 0.825. The lowest BCUT2D eigenvalue weighted by atomic mass is 10.1. The molecule has 1 aliphatic rings. The fourth-order valence-corrected chi connectivity index (χ4v) is 4.82.